The van der Waals surface area contributed by atoms with E-state index in [4.69, 9.17) is 9.51 Å². The molecule has 6 heteroatoms. The lowest BCUT2D eigenvalue weighted by molar-refractivity contribution is 0.186. The van der Waals surface area contributed by atoms with Gasteiger partial charge in [0, 0.05) is 28.8 Å². The summed E-state index contributed by atoms with van der Waals surface area (Å²) in [5.74, 6) is 1.81. The van der Waals surface area contributed by atoms with E-state index in [0.29, 0.717) is 11.7 Å². The van der Waals surface area contributed by atoms with Gasteiger partial charge in [0.15, 0.2) is 0 Å². The highest BCUT2D eigenvalue weighted by Crippen LogP contribution is 2.30. The molecule has 0 saturated carbocycles. The molecule has 1 saturated heterocycles. The third-order valence-corrected chi connectivity index (χ3v) is 6.31. The van der Waals surface area contributed by atoms with Crippen LogP contribution in [0.4, 0.5) is 0 Å². The number of hydrogen-bond acceptors (Lipinski definition) is 6. The van der Waals surface area contributed by atoms with Gasteiger partial charge >= 0.3 is 0 Å². The molecule has 0 atom stereocenters. The summed E-state index contributed by atoms with van der Waals surface area (Å²) in [6, 6.07) is 10.0. The molecule has 0 unspecified atom stereocenters. The van der Waals surface area contributed by atoms with Crippen LogP contribution in [0.3, 0.4) is 0 Å². The number of rotatable bonds is 4. The van der Waals surface area contributed by atoms with Gasteiger partial charge in [0.25, 0.3) is 0 Å². The molecule has 1 aromatic carbocycles. The van der Waals surface area contributed by atoms with E-state index in [9.17, 15) is 0 Å². The molecule has 1 aliphatic heterocycles. The fourth-order valence-electron chi connectivity index (χ4n) is 3.40. The van der Waals surface area contributed by atoms with Crippen molar-refractivity contribution >= 4 is 11.3 Å². The van der Waals surface area contributed by atoms with Crippen LogP contribution < -0.4 is 0 Å². The summed E-state index contributed by atoms with van der Waals surface area (Å²) in [4.78, 5) is 11.9. The van der Waals surface area contributed by atoms with Gasteiger partial charge in [0.2, 0.25) is 11.7 Å². The van der Waals surface area contributed by atoms with E-state index in [0.717, 1.165) is 43.9 Å². The Bertz CT molecular complexity index is 873. The third-order valence-electron chi connectivity index (χ3n) is 4.99. The molecule has 142 valence electrons. The van der Waals surface area contributed by atoms with Crippen molar-refractivity contribution in [3.05, 3.63) is 52.3 Å². The van der Waals surface area contributed by atoms with E-state index in [2.05, 4.69) is 41.2 Å². The second kappa shape index (κ2) is 7.52. The minimum atomic E-state index is 0.129. The fraction of sp³-hybridized carbons (Fsp3) is 0.476. The molecule has 1 aliphatic rings. The average Bonchev–Trinajstić information content (AvgIpc) is 3.33. The Balaban J connectivity index is 1.34. The first-order valence-corrected chi connectivity index (χ1v) is 10.4. The summed E-state index contributed by atoms with van der Waals surface area (Å²) in [5.41, 5.74) is 2.32. The molecular formula is C21H26N4OS. The van der Waals surface area contributed by atoms with Crippen LogP contribution in [0.2, 0.25) is 0 Å². The minimum Gasteiger partial charge on any atom is -0.339 e. The molecule has 0 spiro atoms. The molecule has 0 bridgehead atoms. The summed E-state index contributed by atoms with van der Waals surface area (Å²) in [7, 11) is 0. The number of hydrogen-bond donors (Lipinski definition) is 0. The van der Waals surface area contributed by atoms with Crippen molar-refractivity contribution < 1.29 is 4.52 Å². The Labute approximate surface area is 164 Å². The summed E-state index contributed by atoms with van der Waals surface area (Å²) in [6.07, 6.45) is 2.10. The second-order valence-corrected chi connectivity index (χ2v) is 9.12. The lowest BCUT2D eigenvalue weighted by Crippen LogP contribution is -2.32. The number of likely N-dealkylation sites (tertiary alicyclic amines) is 1. The largest absolute Gasteiger partial charge is 0.339 e. The van der Waals surface area contributed by atoms with E-state index < -0.39 is 0 Å². The Morgan fingerprint density at radius 3 is 2.52 bits per heavy atom. The first-order valence-electron chi connectivity index (χ1n) is 9.55. The van der Waals surface area contributed by atoms with Crippen LogP contribution >= 0.6 is 11.3 Å². The summed E-state index contributed by atoms with van der Waals surface area (Å²) in [6.45, 7) is 9.66. The van der Waals surface area contributed by atoms with Crippen LogP contribution in [-0.4, -0.2) is 33.1 Å². The SMILES string of the molecule is CC(C)(C)c1nc(CN2CCC(c3nc(-c4ccccc4)no3)CC2)cs1. The molecule has 5 nitrogen and oxygen atoms in total. The van der Waals surface area contributed by atoms with Crippen molar-refractivity contribution in [3.8, 4) is 11.4 Å². The van der Waals surface area contributed by atoms with Gasteiger partial charge in [-0.2, -0.15) is 4.98 Å². The average molecular weight is 383 g/mol. The Morgan fingerprint density at radius 2 is 1.85 bits per heavy atom. The van der Waals surface area contributed by atoms with Gasteiger partial charge in [-0.1, -0.05) is 56.3 Å². The summed E-state index contributed by atoms with van der Waals surface area (Å²) >= 11 is 1.77. The van der Waals surface area contributed by atoms with E-state index >= 15 is 0 Å². The highest BCUT2D eigenvalue weighted by Gasteiger charge is 2.26. The number of aromatic nitrogens is 3. The number of nitrogens with zero attached hydrogens (tertiary/aromatic N) is 4. The molecule has 0 N–H and O–H groups in total. The molecule has 27 heavy (non-hydrogen) atoms. The smallest absolute Gasteiger partial charge is 0.230 e. The third kappa shape index (κ3) is 4.28. The Hall–Kier alpha value is -2.05. The maximum absolute atomic E-state index is 5.56. The Morgan fingerprint density at radius 1 is 1.11 bits per heavy atom. The van der Waals surface area contributed by atoms with Crippen LogP contribution in [0.15, 0.2) is 40.2 Å². The van der Waals surface area contributed by atoms with Crippen LogP contribution in [0.1, 0.15) is 56.1 Å². The van der Waals surface area contributed by atoms with Crippen LogP contribution in [0, 0.1) is 0 Å². The molecule has 3 heterocycles. The second-order valence-electron chi connectivity index (χ2n) is 8.27. The van der Waals surface area contributed by atoms with Crippen LogP contribution in [0.25, 0.3) is 11.4 Å². The van der Waals surface area contributed by atoms with Crippen molar-refractivity contribution in [1.29, 1.82) is 0 Å². The first-order chi connectivity index (χ1) is 13.0. The molecular weight excluding hydrogens is 356 g/mol. The molecule has 0 aliphatic carbocycles. The maximum Gasteiger partial charge on any atom is 0.230 e. The number of benzene rings is 1. The predicted octanol–water partition coefficient (Wildman–Crippen LogP) is 4.87. The number of thiazole rings is 1. The van der Waals surface area contributed by atoms with Crippen molar-refractivity contribution in [2.45, 2.75) is 51.5 Å². The standard InChI is InChI=1S/C21H26N4OS/c1-21(2,3)20-22-17(14-27-20)13-25-11-9-16(10-12-25)19-23-18(24-26-19)15-7-5-4-6-8-15/h4-8,14,16H,9-13H2,1-3H3. The van der Waals surface area contributed by atoms with Crippen molar-refractivity contribution in [1.82, 2.24) is 20.0 Å². The molecule has 4 rings (SSSR count). The normalized spacial score (nSPS) is 16.7. The zero-order chi connectivity index (χ0) is 18.9. The topological polar surface area (TPSA) is 55.1 Å². The van der Waals surface area contributed by atoms with Crippen LogP contribution in [-0.2, 0) is 12.0 Å². The summed E-state index contributed by atoms with van der Waals surface area (Å²) in [5, 5.41) is 7.59. The van der Waals surface area contributed by atoms with E-state index in [-0.39, 0.29) is 5.41 Å². The van der Waals surface area contributed by atoms with Crippen LogP contribution in [0.5, 0.6) is 0 Å². The van der Waals surface area contributed by atoms with Gasteiger partial charge in [-0.3, -0.25) is 4.90 Å². The maximum atomic E-state index is 5.56. The highest BCUT2D eigenvalue weighted by molar-refractivity contribution is 7.09. The molecule has 1 fully saturated rings. The van der Waals surface area contributed by atoms with E-state index in [1.54, 1.807) is 11.3 Å². The molecule has 3 aromatic rings. The molecule has 0 radical (unpaired) electrons. The van der Waals surface area contributed by atoms with Gasteiger partial charge in [-0.15, -0.1) is 11.3 Å². The predicted molar refractivity (Wildman–Crippen MR) is 108 cm³/mol. The van der Waals surface area contributed by atoms with E-state index in [1.165, 1.54) is 10.7 Å². The van der Waals surface area contributed by atoms with E-state index in [1.807, 2.05) is 30.3 Å². The van der Waals surface area contributed by atoms with Gasteiger partial charge in [-0.25, -0.2) is 4.98 Å². The van der Waals surface area contributed by atoms with Gasteiger partial charge in [-0.05, 0) is 25.9 Å². The lowest BCUT2D eigenvalue weighted by atomic mass is 9.96. The van der Waals surface area contributed by atoms with Gasteiger partial charge in [0.05, 0.1) is 10.7 Å². The lowest BCUT2D eigenvalue weighted by Gasteiger charge is -2.29. The number of piperidine rings is 1. The summed E-state index contributed by atoms with van der Waals surface area (Å²) < 4.78 is 5.56. The Kier molecular flexibility index (Phi) is 5.10. The fourth-order valence-corrected chi connectivity index (χ4v) is 4.30. The van der Waals surface area contributed by atoms with Crippen molar-refractivity contribution in [2.24, 2.45) is 0 Å². The highest BCUT2D eigenvalue weighted by atomic mass is 32.1. The first kappa shape index (κ1) is 18.3. The monoisotopic (exact) mass is 382 g/mol. The molecule has 2 aromatic heterocycles. The zero-order valence-electron chi connectivity index (χ0n) is 16.2. The van der Waals surface area contributed by atoms with Crippen molar-refractivity contribution in [3.63, 3.8) is 0 Å². The minimum absolute atomic E-state index is 0.129. The quantitative estimate of drug-likeness (QED) is 0.644. The van der Waals surface area contributed by atoms with Crippen molar-refractivity contribution in [2.75, 3.05) is 13.1 Å². The van der Waals surface area contributed by atoms with Gasteiger partial charge in [0.1, 0.15) is 0 Å². The van der Waals surface area contributed by atoms with Gasteiger partial charge < -0.3 is 4.52 Å². The zero-order valence-corrected chi connectivity index (χ0v) is 17.0. The molecule has 0 amide bonds.